The molecule has 0 bridgehead atoms. The number of likely N-dealkylation sites (N-methyl/N-ethyl adjacent to an activating group) is 1. The number of hydrogen-bond donors (Lipinski definition) is 1. The zero-order chi connectivity index (χ0) is 17.0. The number of amides is 1. The third-order valence-electron chi connectivity index (χ3n) is 3.58. The lowest BCUT2D eigenvalue weighted by atomic mass is 10.1. The maximum Gasteiger partial charge on any atom is 0.275 e. The summed E-state index contributed by atoms with van der Waals surface area (Å²) in [4.78, 5) is 14.1. The van der Waals surface area contributed by atoms with E-state index in [0.29, 0.717) is 18.8 Å². The molecular formula is C17H22BrN3O2. The number of aryl methyl sites for hydroxylation is 1. The van der Waals surface area contributed by atoms with Crippen LogP contribution in [-0.2, 0) is 0 Å². The Kier molecular flexibility index (Phi) is 5.82. The SMILES string of the molecule is Cc1ccc(OCCN(C)C(=O)c2n[nH]c(C(C)C)c2Br)cc1. The highest BCUT2D eigenvalue weighted by atomic mass is 79.9. The molecule has 0 aliphatic heterocycles. The molecule has 0 radical (unpaired) electrons. The van der Waals surface area contributed by atoms with Gasteiger partial charge in [-0.1, -0.05) is 31.5 Å². The Bertz CT molecular complexity index is 665. The lowest BCUT2D eigenvalue weighted by Crippen LogP contribution is -2.31. The van der Waals surface area contributed by atoms with Crippen molar-refractivity contribution in [2.45, 2.75) is 26.7 Å². The van der Waals surface area contributed by atoms with Crippen molar-refractivity contribution in [1.82, 2.24) is 15.1 Å². The van der Waals surface area contributed by atoms with Crippen LogP contribution >= 0.6 is 15.9 Å². The van der Waals surface area contributed by atoms with Crippen LogP contribution in [0.5, 0.6) is 5.75 Å². The Morgan fingerprint density at radius 1 is 1.35 bits per heavy atom. The minimum Gasteiger partial charge on any atom is -0.492 e. The number of aromatic nitrogens is 2. The molecule has 6 heteroatoms. The summed E-state index contributed by atoms with van der Waals surface area (Å²) in [5.41, 5.74) is 2.53. The first kappa shape index (κ1) is 17.5. The van der Waals surface area contributed by atoms with Crippen molar-refractivity contribution in [1.29, 1.82) is 0 Å². The number of ether oxygens (including phenoxy) is 1. The number of aromatic amines is 1. The number of halogens is 1. The smallest absolute Gasteiger partial charge is 0.275 e. The number of nitrogens with one attached hydrogen (secondary N) is 1. The largest absolute Gasteiger partial charge is 0.492 e. The summed E-state index contributed by atoms with van der Waals surface area (Å²) >= 11 is 3.46. The molecule has 0 saturated heterocycles. The maximum absolute atomic E-state index is 12.4. The Morgan fingerprint density at radius 2 is 2.00 bits per heavy atom. The molecule has 2 aromatic rings. The highest BCUT2D eigenvalue weighted by Gasteiger charge is 2.22. The molecule has 1 aromatic heterocycles. The van der Waals surface area contributed by atoms with E-state index in [1.165, 1.54) is 5.56 Å². The van der Waals surface area contributed by atoms with Crippen molar-refractivity contribution in [3.8, 4) is 5.75 Å². The van der Waals surface area contributed by atoms with Crippen LogP contribution in [0.25, 0.3) is 0 Å². The summed E-state index contributed by atoms with van der Waals surface area (Å²) in [5, 5.41) is 7.05. The fourth-order valence-electron chi connectivity index (χ4n) is 2.08. The zero-order valence-corrected chi connectivity index (χ0v) is 15.5. The average molecular weight is 380 g/mol. The zero-order valence-electron chi connectivity index (χ0n) is 13.9. The van der Waals surface area contributed by atoms with Gasteiger partial charge in [-0.3, -0.25) is 9.89 Å². The summed E-state index contributed by atoms with van der Waals surface area (Å²) in [5.74, 6) is 0.945. The Morgan fingerprint density at radius 3 is 2.57 bits per heavy atom. The number of carbonyl (C=O) groups excluding carboxylic acids is 1. The van der Waals surface area contributed by atoms with Crippen molar-refractivity contribution in [2.75, 3.05) is 20.2 Å². The molecule has 5 nitrogen and oxygen atoms in total. The minimum atomic E-state index is -0.132. The second kappa shape index (κ2) is 7.64. The standard InChI is InChI=1S/C17H22BrN3O2/c1-11(2)15-14(18)16(20-19-15)17(22)21(4)9-10-23-13-7-5-12(3)6-8-13/h5-8,11H,9-10H2,1-4H3,(H,19,20). The number of benzene rings is 1. The Hall–Kier alpha value is -1.82. The van der Waals surface area contributed by atoms with E-state index in [1.807, 2.05) is 45.0 Å². The van der Waals surface area contributed by atoms with Gasteiger partial charge in [-0.25, -0.2) is 0 Å². The highest BCUT2D eigenvalue weighted by Crippen LogP contribution is 2.26. The van der Waals surface area contributed by atoms with E-state index in [9.17, 15) is 4.79 Å². The lowest BCUT2D eigenvalue weighted by molar-refractivity contribution is 0.0767. The van der Waals surface area contributed by atoms with Gasteiger partial charge in [-0.15, -0.1) is 0 Å². The fraction of sp³-hybridized carbons (Fsp3) is 0.412. The molecular weight excluding hydrogens is 358 g/mol. The maximum atomic E-state index is 12.4. The third kappa shape index (κ3) is 4.34. The average Bonchev–Trinajstić information content (AvgIpc) is 2.90. The number of nitrogens with zero attached hydrogens (tertiary/aromatic N) is 2. The van der Waals surface area contributed by atoms with Crippen LogP contribution in [-0.4, -0.2) is 41.2 Å². The third-order valence-corrected chi connectivity index (χ3v) is 4.38. The van der Waals surface area contributed by atoms with Gasteiger partial charge in [0.05, 0.1) is 16.7 Å². The second-order valence-corrected chi connectivity index (χ2v) is 6.64. The summed E-state index contributed by atoms with van der Waals surface area (Å²) in [7, 11) is 1.75. The van der Waals surface area contributed by atoms with Crippen LogP contribution in [0.15, 0.2) is 28.7 Å². The van der Waals surface area contributed by atoms with E-state index in [4.69, 9.17) is 4.74 Å². The first-order chi connectivity index (χ1) is 10.9. The van der Waals surface area contributed by atoms with Gasteiger partial charge in [0, 0.05) is 7.05 Å². The predicted molar refractivity (Wildman–Crippen MR) is 94.0 cm³/mol. The molecule has 0 fully saturated rings. The monoisotopic (exact) mass is 379 g/mol. The van der Waals surface area contributed by atoms with E-state index < -0.39 is 0 Å². The summed E-state index contributed by atoms with van der Waals surface area (Å²) in [6.45, 7) is 7.05. The normalized spacial score (nSPS) is 10.9. The van der Waals surface area contributed by atoms with Gasteiger partial charge in [-0.2, -0.15) is 5.10 Å². The van der Waals surface area contributed by atoms with Gasteiger partial charge in [0.2, 0.25) is 0 Å². The molecule has 0 aliphatic rings. The molecule has 0 spiro atoms. The molecule has 0 atom stereocenters. The summed E-state index contributed by atoms with van der Waals surface area (Å²) < 4.78 is 6.40. The topological polar surface area (TPSA) is 58.2 Å². The van der Waals surface area contributed by atoms with Crippen LogP contribution < -0.4 is 4.74 Å². The van der Waals surface area contributed by atoms with E-state index in [0.717, 1.165) is 15.9 Å². The van der Waals surface area contributed by atoms with Crippen molar-refractivity contribution in [3.05, 3.63) is 45.7 Å². The number of rotatable bonds is 6. The van der Waals surface area contributed by atoms with Crippen molar-refractivity contribution in [2.24, 2.45) is 0 Å². The van der Waals surface area contributed by atoms with E-state index >= 15 is 0 Å². The number of H-pyrrole nitrogens is 1. The van der Waals surface area contributed by atoms with Crippen molar-refractivity contribution < 1.29 is 9.53 Å². The molecule has 1 N–H and O–H groups in total. The molecule has 2 rings (SSSR count). The Labute approximate surface area is 145 Å². The number of hydrogen-bond acceptors (Lipinski definition) is 3. The molecule has 0 saturated carbocycles. The van der Waals surface area contributed by atoms with Crippen LogP contribution in [0.1, 0.15) is 41.5 Å². The molecule has 0 aliphatic carbocycles. The van der Waals surface area contributed by atoms with E-state index in [1.54, 1.807) is 11.9 Å². The summed E-state index contributed by atoms with van der Waals surface area (Å²) in [6.07, 6.45) is 0. The summed E-state index contributed by atoms with van der Waals surface area (Å²) in [6, 6.07) is 7.85. The van der Waals surface area contributed by atoms with Crippen LogP contribution in [0, 0.1) is 6.92 Å². The quantitative estimate of drug-likeness (QED) is 0.830. The van der Waals surface area contributed by atoms with Gasteiger partial charge in [0.25, 0.3) is 5.91 Å². The minimum absolute atomic E-state index is 0.132. The van der Waals surface area contributed by atoms with Gasteiger partial charge in [0.1, 0.15) is 12.4 Å². The van der Waals surface area contributed by atoms with Crippen molar-refractivity contribution in [3.63, 3.8) is 0 Å². The molecule has 1 aromatic carbocycles. The molecule has 1 amide bonds. The first-order valence-electron chi connectivity index (χ1n) is 7.58. The van der Waals surface area contributed by atoms with Crippen LogP contribution in [0.3, 0.4) is 0 Å². The molecule has 124 valence electrons. The van der Waals surface area contributed by atoms with Gasteiger partial charge in [0.15, 0.2) is 5.69 Å². The molecule has 1 heterocycles. The van der Waals surface area contributed by atoms with Gasteiger partial charge in [-0.05, 0) is 40.9 Å². The number of carbonyl (C=O) groups is 1. The molecule has 0 unspecified atom stereocenters. The fourth-order valence-corrected chi connectivity index (χ4v) is 2.89. The van der Waals surface area contributed by atoms with Crippen LogP contribution in [0.2, 0.25) is 0 Å². The Balaban J connectivity index is 1.91. The lowest BCUT2D eigenvalue weighted by Gasteiger charge is -2.16. The van der Waals surface area contributed by atoms with E-state index in [-0.39, 0.29) is 11.8 Å². The van der Waals surface area contributed by atoms with E-state index in [2.05, 4.69) is 26.1 Å². The highest BCUT2D eigenvalue weighted by molar-refractivity contribution is 9.10. The molecule has 23 heavy (non-hydrogen) atoms. The van der Waals surface area contributed by atoms with Gasteiger partial charge >= 0.3 is 0 Å². The van der Waals surface area contributed by atoms with Crippen molar-refractivity contribution >= 4 is 21.8 Å². The predicted octanol–water partition coefficient (Wildman–Crippen LogP) is 3.76. The first-order valence-corrected chi connectivity index (χ1v) is 8.38. The van der Waals surface area contributed by atoms with Crippen LogP contribution in [0.4, 0.5) is 0 Å². The second-order valence-electron chi connectivity index (χ2n) is 5.84. The van der Waals surface area contributed by atoms with Gasteiger partial charge < -0.3 is 9.64 Å².